The Kier molecular flexibility index (Phi) is 3.69. The zero-order valence-electron chi connectivity index (χ0n) is 13.6. The Morgan fingerprint density at radius 1 is 1.33 bits per heavy atom. The van der Waals surface area contributed by atoms with Gasteiger partial charge in [-0.1, -0.05) is 18.2 Å². The number of halogens is 1. The fourth-order valence-corrected chi connectivity index (χ4v) is 3.47. The molecule has 1 aliphatic rings. The molecule has 1 aromatic carbocycles. The Hall–Kier alpha value is -2.46. The molecule has 5 heteroatoms. The highest BCUT2D eigenvalue weighted by Gasteiger charge is 2.21. The molecule has 24 heavy (non-hydrogen) atoms. The zero-order chi connectivity index (χ0) is 16.7. The quantitative estimate of drug-likeness (QED) is 0.743. The third-order valence-electron chi connectivity index (χ3n) is 4.39. The van der Waals surface area contributed by atoms with Crippen LogP contribution in [0.1, 0.15) is 23.7 Å². The van der Waals surface area contributed by atoms with Gasteiger partial charge in [0.05, 0.1) is 17.3 Å². The van der Waals surface area contributed by atoms with Crippen LogP contribution >= 0.6 is 11.6 Å². The normalized spacial score (nSPS) is 13.3. The number of aromatic nitrogens is 2. The minimum Gasteiger partial charge on any atom is -0.383 e. The second-order valence-corrected chi connectivity index (χ2v) is 6.73. The van der Waals surface area contributed by atoms with E-state index in [9.17, 15) is 0 Å². The lowest BCUT2D eigenvalue weighted by Crippen LogP contribution is -2.14. The van der Waals surface area contributed by atoms with Crippen LogP contribution in [0.25, 0.3) is 10.9 Å². The Morgan fingerprint density at radius 3 is 2.96 bits per heavy atom. The lowest BCUT2D eigenvalue weighted by atomic mass is 10.2. The Bertz CT molecular complexity index is 903. The third kappa shape index (κ3) is 2.74. The number of benzene rings is 1. The molecule has 0 amide bonds. The molecule has 0 fully saturated rings. The Labute approximate surface area is 146 Å². The van der Waals surface area contributed by atoms with Crippen LogP contribution in [-0.2, 0) is 19.6 Å². The Balaban J connectivity index is 1.64. The first-order valence-electron chi connectivity index (χ1n) is 7.97. The van der Waals surface area contributed by atoms with Crippen molar-refractivity contribution in [3.05, 3.63) is 70.8 Å². The summed E-state index contributed by atoms with van der Waals surface area (Å²) in [4.78, 5) is 9.97. The smallest absolute Gasteiger partial charge is 0.0647 e. The van der Waals surface area contributed by atoms with E-state index in [0.717, 1.165) is 52.6 Å². The first kappa shape index (κ1) is 15.1. The molecule has 0 radical (unpaired) electrons. The van der Waals surface area contributed by atoms with Crippen molar-refractivity contribution in [1.29, 1.82) is 0 Å². The van der Waals surface area contributed by atoms with Crippen LogP contribution < -0.4 is 10.2 Å². The molecule has 2 N–H and O–H groups in total. The molecule has 2 aromatic heterocycles. The molecular formula is C19H19ClN4. The van der Waals surface area contributed by atoms with Crippen molar-refractivity contribution in [3.8, 4) is 0 Å². The predicted molar refractivity (Wildman–Crippen MR) is 99.1 cm³/mol. The highest BCUT2D eigenvalue weighted by Crippen LogP contribution is 2.36. The molecule has 3 aromatic rings. The summed E-state index contributed by atoms with van der Waals surface area (Å²) in [6.45, 7) is 8.27. The van der Waals surface area contributed by atoms with Gasteiger partial charge in [-0.05, 0) is 42.3 Å². The van der Waals surface area contributed by atoms with E-state index in [1.807, 2.05) is 25.4 Å². The number of anilines is 1. The zero-order valence-corrected chi connectivity index (χ0v) is 14.3. The molecule has 0 saturated carbocycles. The lowest BCUT2D eigenvalue weighted by molar-refractivity contribution is 0.798. The van der Waals surface area contributed by atoms with Gasteiger partial charge in [-0.25, -0.2) is 0 Å². The number of nitrogens with zero attached hydrogens (tertiary/aromatic N) is 2. The number of aromatic amines is 1. The number of H-pyrrole nitrogens is 1. The molecule has 0 aliphatic carbocycles. The summed E-state index contributed by atoms with van der Waals surface area (Å²) >= 11 is 6.56. The maximum atomic E-state index is 6.56. The molecule has 0 unspecified atom stereocenters. The Morgan fingerprint density at radius 2 is 2.17 bits per heavy atom. The summed E-state index contributed by atoms with van der Waals surface area (Å²) in [5.74, 6) is 0. The molecule has 0 spiro atoms. The summed E-state index contributed by atoms with van der Waals surface area (Å²) in [5, 5.41) is 5.15. The number of allylic oxidation sites excluding steroid dienone is 1. The monoisotopic (exact) mass is 338 g/mol. The minimum atomic E-state index is 0.734. The second-order valence-electron chi connectivity index (χ2n) is 6.32. The summed E-state index contributed by atoms with van der Waals surface area (Å²) in [6, 6.07) is 8.39. The largest absolute Gasteiger partial charge is 0.383 e. The van der Waals surface area contributed by atoms with Gasteiger partial charge in [0.2, 0.25) is 0 Å². The average molecular weight is 339 g/mol. The van der Waals surface area contributed by atoms with E-state index in [2.05, 4.69) is 45.0 Å². The minimum absolute atomic E-state index is 0.734. The van der Waals surface area contributed by atoms with Gasteiger partial charge in [0.1, 0.15) is 0 Å². The van der Waals surface area contributed by atoms with E-state index in [4.69, 9.17) is 11.6 Å². The number of pyridine rings is 1. The maximum Gasteiger partial charge on any atom is 0.0647 e. The summed E-state index contributed by atoms with van der Waals surface area (Å²) in [6.07, 6.45) is 3.79. The van der Waals surface area contributed by atoms with E-state index in [0.29, 0.717) is 0 Å². The van der Waals surface area contributed by atoms with E-state index in [1.54, 1.807) is 0 Å². The van der Waals surface area contributed by atoms with Crippen LogP contribution in [0.3, 0.4) is 0 Å². The van der Waals surface area contributed by atoms with E-state index < -0.39 is 0 Å². The molecule has 3 heterocycles. The van der Waals surface area contributed by atoms with Crippen LogP contribution in [0.4, 0.5) is 5.69 Å². The topological polar surface area (TPSA) is 44.0 Å². The van der Waals surface area contributed by atoms with Crippen molar-refractivity contribution >= 4 is 28.2 Å². The first-order valence-corrected chi connectivity index (χ1v) is 8.35. The number of nitrogens with one attached hydrogen (secondary N) is 2. The van der Waals surface area contributed by atoms with Gasteiger partial charge in [0.15, 0.2) is 0 Å². The van der Waals surface area contributed by atoms with Gasteiger partial charge in [-0.3, -0.25) is 4.98 Å². The van der Waals surface area contributed by atoms with Gasteiger partial charge in [-0.2, -0.15) is 0 Å². The van der Waals surface area contributed by atoms with Gasteiger partial charge < -0.3 is 15.2 Å². The van der Waals surface area contributed by atoms with Gasteiger partial charge in [0.25, 0.3) is 0 Å². The van der Waals surface area contributed by atoms with Crippen LogP contribution in [0.15, 0.2) is 48.9 Å². The number of rotatable bonds is 4. The van der Waals surface area contributed by atoms with Gasteiger partial charge in [-0.15, -0.1) is 0 Å². The van der Waals surface area contributed by atoms with Crippen LogP contribution in [0.5, 0.6) is 0 Å². The lowest BCUT2D eigenvalue weighted by Gasteiger charge is -2.19. The second kappa shape index (κ2) is 5.87. The number of hydrogen-bond donors (Lipinski definition) is 2. The molecule has 1 aliphatic heterocycles. The van der Waals surface area contributed by atoms with Crippen molar-refractivity contribution in [2.24, 2.45) is 0 Å². The van der Waals surface area contributed by atoms with E-state index >= 15 is 0 Å². The van der Waals surface area contributed by atoms with E-state index in [-0.39, 0.29) is 0 Å². The van der Waals surface area contributed by atoms with Crippen molar-refractivity contribution in [2.45, 2.75) is 26.6 Å². The predicted octanol–water partition coefficient (Wildman–Crippen LogP) is 4.36. The third-order valence-corrected chi connectivity index (χ3v) is 4.70. The van der Waals surface area contributed by atoms with Crippen molar-refractivity contribution < 1.29 is 0 Å². The molecular weight excluding hydrogens is 320 g/mol. The maximum absolute atomic E-state index is 6.56. The number of fused-ring (bicyclic) bond motifs is 2. The summed E-state index contributed by atoms with van der Waals surface area (Å²) in [7, 11) is 0. The standard InChI is InChI=1S/C19H19ClN4/c1-12(2)22-9-16-5-14-6-17(20)19(7-18(14)23-16)24-10-13-3-4-21-8-15(13)11-24/h3-8,22-23H,1,9-11H2,2H3. The molecule has 0 saturated heterocycles. The SMILES string of the molecule is C=C(C)NCc1cc2cc(Cl)c(N3Cc4ccncc4C3)cc2[nH]1. The highest BCUT2D eigenvalue weighted by molar-refractivity contribution is 6.34. The molecule has 0 atom stereocenters. The van der Waals surface area contributed by atoms with Crippen LogP contribution in [0, 0.1) is 0 Å². The molecule has 4 nitrogen and oxygen atoms in total. The number of hydrogen-bond acceptors (Lipinski definition) is 3. The highest BCUT2D eigenvalue weighted by atomic mass is 35.5. The molecule has 4 rings (SSSR count). The van der Waals surface area contributed by atoms with Crippen LogP contribution in [0.2, 0.25) is 5.02 Å². The van der Waals surface area contributed by atoms with Gasteiger partial charge >= 0.3 is 0 Å². The van der Waals surface area contributed by atoms with Crippen LogP contribution in [-0.4, -0.2) is 9.97 Å². The average Bonchev–Trinajstić information content (AvgIpc) is 3.14. The fraction of sp³-hybridized carbons (Fsp3) is 0.211. The summed E-state index contributed by atoms with van der Waals surface area (Å²) in [5.41, 5.74) is 6.82. The fourth-order valence-electron chi connectivity index (χ4n) is 3.18. The molecule has 0 bridgehead atoms. The first-order chi connectivity index (χ1) is 11.6. The van der Waals surface area contributed by atoms with Crippen molar-refractivity contribution in [2.75, 3.05) is 4.90 Å². The molecule has 122 valence electrons. The summed E-state index contributed by atoms with van der Waals surface area (Å²) < 4.78 is 0. The van der Waals surface area contributed by atoms with Crippen molar-refractivity contribution in [1.82, 2.24) is 15.3 Å². The van der Waals surface area contributed by atoms with E-state index in [1.165, 1.54) is 11.1 Å². The van der Waals surface area contributed by atoms with Gasteiger partial charge in [0, 0.05) is 47.8 Å². The van der Waals surface area contributed by atoms with Crippen molar-refractivity contribution in [3.63, 3.8) is 0 Å².